The Balaban J connectivity index is 2.72. The van der Waals surface area contributed by atoms with Crippen molar-refractivity contribution < 1.29 is 38.4 Å². The second-order valence-corrected chi connectivity index (χ2v) is 11.3. The molecule has 276 valence electrons. The molecule has 0 saturated carbocycles. The van der Waals surface area contributed by atoms with E-state index in [2.05, 4.69) is 47.2 Å². The number of ether oxygens (including phenoxy) is 4. The summed E-state index contributed by atoms with van der Waals surface area (Å²) < 4.78 is 21.0. The molecule has 0 aliphatic rings. The van der Waals surface area contributed by atoms with Gasteiger partial charge in [0.2, 0.25) is 17.8 Å². The number of anilines is 3. The Bertz CT molecular complexity index is 1140. The lowest BCUT2D eigenvalue weighted by atomic mass is 10.1. The quantitative estimate of drug-likeness (QED) is 0.0259. The highest BCUT2D eigenvalue weighted by Crippen LogP contribution is 2.20. The third-order valence-corrected chi connectivity index (χ3v) is 7.37. The van der Waals surface area contributed by atoms with Crippen molar-refractivity contribution in [3.05, 3.63) is 37.5 Å². The summed E-state index contributed by atoms with van der Waals surface area (Å²) in [4.78, 5) is 53.4. The standard InChI is InChI=1S/C35H58N6O8/c1-6-10-11-12-13-14-15-16-17-18-19-20-21-22-23-24-32(45)49-28-40(25-42)34-36-33(39(9-4)27-47-30(43)7-2)37-35(38-34)41(26-46-5)29-48-31(44)8-3/h7-8,16-17,42H,2-3,6,9-15,18-29H2,1,4-5H3/b17-16-. The van der Waals surface area contributed by atoms with Crippen molar-refractivity contribution in [3.63, 3.8) is 0 Å². The van der Waals surface area contributed by atoms with Gasteiger partial charge in [-0.05, 0) is 39.0 Å². The topological polar surface area (TPSA) is 157 Å². The molecule has 49 heavy (non-hydrogen) atoms. The fraction of sp³-hybridized carbons (Fsp3) is 0.657. The van der Waals surface area contributed by atoms with E-state index < -0.39 is 24.6 Å². The number of carbonyl (C=O) groups excluding carboxylic acids is 3. The summed E-state index contributed by atoms with van der Waals surface area (Å²) in [7, 11) is 1.44. The van der Waals surface area contributed by atoms with Gasteiger partial charge in [-0.25, -0.2) is 9.59 Å². The average molecular weight is 691 g/mol. The molecule has 0 spiro atoms. The van der Waals surface area contributed by atoms with E-state index in [-0.39, 0.29) is 51.2 Å². The molecule has 1 heterocycles. The fourth-order valence-corrected chi connectivity index (χ4v) is 4.49. The zero-order chi connectivity index (χ0) is 36.1. The summed E-state index contributed by atoms with van der Waals surface area (Å²) >= 11 is 0. The van der Waals surface area contributed by atoms with Crippen LogP contribution in [0.4, 0.5) is 17.8 Å². The van der Waals surface area contributed by atoms with E-state index in [1.54, 1.807) is 6.92 Å². The third kappa shape index (κ3) is 19.5. The van der Waals surface area contributed by atoms with E-state index in [0.717, 1.165) is 44.3 Å². The number of aliphatic hydroxyl groups excluding tert-OH is 1. The van der Waals surface area contributed by atoms with Crippen molar-refractivity contribution in [3.8, 4) is 0 Å². The molecule has 0 saturated heterocycles. The molecule has 0 bridgehead atoms. The molecule has 0 atom stereocenters. The van der Waals surface area contributed by atoms with Crippen LogP contribution >= 0.6 is 0 Å². The van der Waals surface area contributed by atoms with Gasteiger partial charge in [-0.2, -0.15) is 15.0 Å². The van der Waals surface area contributed by atoms with Crippen LogP contribution in [0.25, 0.3) is 0 Å². The van der Waals surface area contributed by atoms with Crippen molar-refractivity contribution in [2.45, 2.75) is 104 Å². The van der Waals surface area contributed by atoms with Gasteiger partial charge in [-0.3, -0.25) is 14.6 Å². The SMILES string of the molecule is C=CC(=O)OCN(CC)c1nc(N(COC)COC(=O)C=C)nc(N(CO)COC(=O)CCCCCCC/C=C\CCCCCCCC)n1. The lowest BCUT2D eigenvalue weighted by Crippen LogP contribution is -2.36. The maximum atomic E-state index is 12.5. The Morgan fingerprint density at radius 1 is 0.653 bits per heavy atom. The van der Waals surface area contributed by atoms with Gasteiger partial charge in [0.15, 0.2) is 20.2 Å². The van der Waals surface area contributed by atoms with E-state index in [4.69, 9.17) is 18.9 Å². The highest BCUT2D eigenvalue weighted by atomic mass is 16.6. The van der Waals surface area contributed by atoms with Crippen LogP contribution in [0, 0.1) is 0 Å². The number of rotatable bonds is 30. The zero-order valence-corrected chi connectivity index (χ0v) is 29.9. The number of aromatic nitrogens is 3. The lowest BCUT2D eigenvalue weighted by molar-refractivity contribution is -0.144. The van der Waals surface area contributed by atoms with Gasteiger partial charge in [0.05, 0.1) is 0 Å². The van der Waals surface area contributed by atoms with E-state index >= 15 is 0 Å². The van der Waals surface area contributed by atoms with Crippen molar-refractivity contribution >= 4 is 35.8 Å². The Kier molecular flexibility index (Phi) is 24.4. The van der Waals surface area contributed by atoms with Gasteiger partial charge in [-0.1, -0.05) is 83.6 Å². The molecular formula is C35H58N6O8. The largest absolute Gasteiger partial charge is 0.444 e. The Hall–Kier alpha value is -4.04. The Morgan fingerprint density at radius 2 is 1.12 bits per heavy atom. The van der Waals surface area contributed by atoms with Crippen molar-refractivity contribution in [1.29, 1.82) is 0 Å². The summed E-state index contributed by atoms with van der Waals surface area (Å²) in [5, 5.41) is 10.2. The molecule has 0 amide bonds. The average Bonchev–Trinajstić information content (AvgIpc) is 3.11. The zero-order valence-electron chi connectivity index (χ0n) is 29.9. The van der Waals surface area contributed by atoms with Crippen LogP contribution in [0.3, 0.4) is 0 Å². The smallest absolute Gasteiger partial charge is 0.331 e. The van der Waals surface area contributed by atoms with E-state index in [9.17, 15) is 19.5 Å². The predicted molar refractivity (Wildman–Crippen MR) is 189 cm³/mol. The molecule has 1 N–H and O–H groups in total. The van der Waals surface area contributed by atoms with Crippen LogP contribution in [-0.4, -0.2) is 85.3 Å². The predicted octanol–water partition coefficient (Wildman–Crippen LogP) is 5.78. The van der Waals surface area contributed by atoms with Crippen LogP contribution in [0.15, 0.2) is 37.5 Å². The van der Waals surface area contributed by atoms with Crippen molar-refractivity contribution in [1.82, 2.24) is 15.0 Å². The molecule has 0 aromatic carbocycles. The van der Waals surface area contributed by atoms with Gasteiger partial charge in [-0.15, -0.1) is 0 Å². The first-order valence-corrected chi connectivity index (χ1v) is 17.3. The summed E-state index contributed by atoms with van der Waals surface area (Å²) in [5.41, 5.74) is 0. The summed E-state index contributed by atoms with van der Waals surface area (Å²) in [6, 6.07) is 0. The lowest BCUT2D eigenvalue weighted by Gasteiger charge is -2.27. The molecule has 14 nitrogen and oxygen atoms in total. The number of esters is 3. The maximum Gasteiger partial charge on any atom is 0.331 e. The van der Waals surface area contributed by atoms with E-state index in [1.807, 2.05) is 0 Å². The molecule has 0 unspecified atom stereocenters. The number of nitrogens with zero attached hydrogens (tertiary/aromatic N) is 6. The van der Waals surface area contributed by atoms with Gasteiger partial charge in [0.25, 0.3) is 0 Å². The molecular weight excluding hydrogens is 632 g/mol. The summed E-state index contributed by atoms with van der Waals surface area (Å²) in [6.07, 6.45) is 22.0. The number of hydrogen-bond acceptors (Lipinski definition) is 14. The van der Waals surface area contributed by atoms with Crippen LogP contribution in [0.1, 0.15) is 104 Å². The first-order valence-electron chi connectivity index (χ1n) is 17.3. The number of hydrogen-bond donors (Lipinski definition) is 1. The fourth-order valence-electron chi connectivity index (χ4n) is 4.49. The van der Waals surface area contributed by atoms with Crippen LogP contribution < -0.4 is 14.7 Å². The van der Waals surface area contributed by atoms with Gasteiger partial charge < -0.3 is 29.0 Å². The van der Waals surface area contributed by atoms with Crippen molar-refractivity contribution in [2.75, 3.05) is 62.0 Å². The van der Waals surface area contributed by atoms with E-state index in [0.29, 0.717) is 13.0 Å². The third-order valence-electron chi connectivity index (χ3n) is 7.37. The second-order valence-electron chi connectivity index (χ2n) is 11.3. The Labute approximate surface area is 292 Å². The van der Waals surface area contributed by atoms with Crippen LogP contribution in [0.2, 0.25) is 0 Å². The number of allylic oxidation sites excluding steroid dienone is 2. The maximum absolute atomic E-state index is 12.5. The summed E-state index contributed by atoms with van der Waals surface area (Å²) in [5.74, 6) is -1.66. The number of carbonyl (C=O) groups is 3. The highest BCUT2D eigenvalue weighted by Gasteiger charge is 2.22. The second kappa shape index (κ2) is 27.9. The summed E-state index contributed by atoms with van der Waals surface area (Å²) in [6.45, 7) is 9.67. The van der Waals surface area contributed by atoms with E-state index in [1.165, 1.54) is 66.8 Å². The molecule has 0 aliphatic carbocycles. The molecule has 0 aliphatic heterocycles. The number of unbranched alkanes of at least 4 members (excludes halogenated alkanes) is 11. The minimum absolute atomic E-state index is 0.0188. The minimum atomic E-state index is -0.669. The van der Waals surface area contributed by atoms with Crippen molar-refractivity contribution in [2.24, 2.45) is 0 Å². The first kappa shape index (κ1) is 43.0. The van der Waals surface area contributed by atoms with Gasteiger partial charge in [0.1, 0.15) is 13.5 Å². The first-order chi connectivity index (χ1) is 23.8. The van der Waals surface area contributed by atoms with Gasteiger partial charge in [0, 0.05) is 32.2 Å². The number of aliphatic hydroxyl groups is 1. The molecule has 0 fully saturated rings. The normalized spacial score (nSPS) is 10.9. The molecule has 14 heteroatoms. The minimum Gasteiger partial charge on any atom is -0.444 e. The van der Waals surface area contributed by atoms with Crippen LogP contribution in [-0.2, 0) is 33.3 Å². The highest BCUT2D eigenvalue weighted by molar-refractivity contribution is 5.81. The van der Waals surface area contributed by atoms with Gasteiger partial charge >= 0.3 is 17.9 Å². The number of methoxy groups -OCH3 is 1. The van der Waals surface area contributed by atoms with Crippen LogP contribution in [0.5, 0.6) is 0 Å². The molecule has 1 aromatic heterocycles. The molecule has 1 rings (SSSR count). The molecule has 1 aromatic rings. The monoisotopic (exact) mass is 690 g/mol. The Morgan fingerprint density at radius 3 is 1.63 bits per heavy atom. The molecule has 0 radical (unpaired) electrons.